The second-order valence-electron chi connectivity index (χ2n) is 4.85. The molecule has 1 aliphatic rings. The molecule has 1 aromatic rings. The van der Waals surface area contributed by atoms with Gasteiger partial charge in [0.2, 0.25) is 0 Å². The van der Waals surface area contributed by atoms with Gasteiger partial charge in [-0.3, -0.25) is 4.79 Å². The molecule has 0 aromatic heterocycles. The van der Waals surface area contributed by atoms with Crippen molar-refractivity contribution in [3.05, 3.63) is 53.8 Å². The van der Waals surface area contributed by atoms with Crippen LogP contribution in [0.15, 0.2) is 53.8 Å². The Morgan fingerprint density at radius 3 is 2.43 bits per heavy atom. The van der Waals surface area contributed by atoms with E-state index >= 15 is 0 Å². The molecule has 0 aliphatic heterocycles. The van der Waals surface area contributed by atoms with Crippen molar-refractivity contribution in [3.8, 4) is 0 Å². The van der Waals surface area contributed by atoms with E-state index in [1.165, 1.54) is 6.08 Å². The lowest BCUT2D eigenvalue weighted by atomic mass is 9.85. The maximum atomic E-state index is 13.0. The molecule has 21 heavy (non-hydrogen) atoms. The number of hydrogen-bond acceptors (Lipinski definition) is 3. The summed E-state index contributed by atoms with van der Waals surface area (Å²) in [5.41, 5.74) is 8.35. The van der Waals surface area contributed by atoms with E-state index in [1.54, 1.807) is 30.3 Å². The van der Waals surface area contributed by atoms with Crippen molar-refractivity contribution >= 4 is 11.6 Å². The molecule has 0 radical (unpaired) electrons. The third kappa shape index (κ3) is 3.25. The molecule has 0 fully saturated rings. The first-order chi connectivity index (χ1) is 9.71. The quantitative estimate of drug-likeness (QED) is 0.781. The largest absolute Gasteiger partial charge is 0.410 e. The van der Waals surface area contributed by atoms with E-state index in [4.69, 9.17) is 11.5 Å². The van der Waals surface area contributed by atoms with Gasteiger partial charge in [-0.2, -0.15) is 13.2 Å². The monoisotopic (exact) mass is 297 g/mol. The molecule has 1 aliphatic carbocycles. The molecular formula is C14H14F3N3O. The topological polar surface area (TPSA) is 81.1 Å². The third-order valence-corrected chi connectivity index (χ3v) is 3.10. The number of carbonyl (C=O) groups is 1. The average Bonchev–Trinajstić information content (AvgIpc) is 2.37. The molecule has 0 saturated carbocycles. The predicted molar refractivity (Wildman–Crippen MR) is 73.0 cm³/mol. The van der Waals surface area contributed by atoms with Crippen molar-refractivity contribution < 1.29 is 18.0 Å². The van der Waals surface area contributed by atoms with E-state index < -0.39 is 24.0 Å². The van der Waals surface area contributed by atoms with Crippen LogP contribution >= 0.6 is 0 Å². The van der Waals surface area contributed by atoms with Gasteiger partial charge < -0.3 is 16.8 Å². The molecule has 112 valence electrons. The highest BCUT2D eigenvalue weighted by molar-refractivity contribution is 6.04. The van der Waals surface area contributed by atoms with E-state index in [-0.39, 0.29) is 11.3 Å². The highest BCUT2D eigenvalue weighted by Crippen LogP contribution is 2.37. The lowest BCUT2D eigenvalue weighted by Crippen LogP contribution is -2.54. The number of amides is 1. The number of nitrogens with one attached hydrogen (secondary N) is 1. The fourth-order valence-electron chi connectivity index (χ4n) is 2.02. The smallest absolute Gasteiger partial charge is 0.399 e. The second kappa shape index (κ2) is 5.25. The number of alkyl halides is 3. The first kappa shape index (κ1) is 15.1. The maximum Gasteiger partial charge on any atom is 0.410 e. The number of anilines is 1. The third-order valence-electron chi connectivity index (χ3n) is 3.10. The Kier molecular flexibility index (Phi) is 3.78. The molecule has 1 atom stereocenters. The molecule has 1 unspecified atom stereocenters. The summed E-state index contributed by atoms with van der Waals surface area (Å²) in [7, 11) is 0. The van der Waals surface area contributed by atoms with E-state index in [0.29, 0.717) is 5.69 Å². The minimum Gasteiger partial charge on any atom is -0.399 e. The number of para-hydroxylation sites is 1. The zero-order chi connectivity index (χ0) is 15.7. The summed E-state index contributed by atoms with van der Waals surface area (Å²) in [5.74, 6) is -0.656. The Hall–Kier alpha value is -2.28. The summed E-state index contributed by atoms with van der Waals surface area (Å²) in [6, 6.07) is 8.40. The number of hydrogen-bond donors (Lipinski definition) is 3. The van der Waals surface area contributed by atoms with E-state index in [0.717, 1.165) is 6.08 Å². The molecule has 0 saturated heterocycles. The van der Waals surface area contributed by atoms with Crippen molar-refractivity contribution in [2.75, 3.05) is 5.32 Å². The van der Waals surface area contributed by atoms with E-state index in [2.05, 4.69) is 5.32 Å². The van der Waals surface area contributed by atoms with Crippen LogP contribution in [0.2, 0.25) is 0 Å². The lowest BCUT2D eigenvalue weighted by Gasteiger charge is -2.32. The van der Waals surface area contributed by atoms with Crippen LogP contribution in [0.3, 0.4) is 0 Å². The molecule has 4 nitrogen and oxygen atoms in total. The number of carbonyl (C=O) groups excluding carboxylic acids is 1. The van der Waals surface area contributed by atoms with Crippen LogP contribution in [-0.4, -0.2) is 17.6 Å². The average molecular weight is 297 g/mol. The Morgan fingerprint density at radius 1 is 1.24 bits per heavy atom. The highest BCUT2D eigenvalue weighted by atomic mass is 19.4. The summed E-state index contributed by atoms with van der Waals surface area (Å²) < 4.78 is 38.9. The molecule has 2 rings (SSSR count). The minimum atomic E-state index is -4.69. The summed E-state index contributed by atoms with van der Waals surface area (Å²) in [4.78, 5) is 12.0. The van der Waals surface area contributed by atoms with Crippen LogP contribution in [0.25, 0.3) is 0 Å². The number of nitrogens with two attached hydrogens (primary N) is 2. The van der Waals surface area contributed by atoms with Crippen molar-refractivity contribution in [2.45, 2.75) is 18.1 Å². The highest BCUT2D eigenvalue weighted by Gasteiger charge is 2.52. The lowest BCUT2D eigenvalue weighted by molar-refractivity contribution is -0.171. The van der Waals surface area contributed by atoms with Crippen LogP contribution in [0.1, 0.15) is 6.42 Å². The fourth-order valence-corrected chi connectivity index (χ4v) is 2.02. The van der Waals surface area contributed by atoms with Crippen molar-refractivity contribution in [2.24, 2.45) is 11.5 Å². The number of halogens is 3. The molecule has 0 bridgehead atoms. The van der Waals surface area contributed by atoms with Gasteiger partial charge in [-0.15, -0.1) is 0 Å². The van der Waals surface area contributed by atoms with Gasteiger partial charge in [-0.25, -0.2) is 0 Å². The van der Waals surface area contributed by atoms with Crippen LogP contribution < -0.4 is 16.8 Å². The maximum absolute atomic E-state index is 13.0. The molecule has 1 aromatic carbocycles. The van der Waals surface area contributed by atoms with E-state index in [1.807, 2.05) is 0 Å². The van der Waals surface area contributed by atoms with Crippen molar-refractivity contribution in [1.82, 2.24) is 0 Å². The van der Waals surface area contributed by atoms with Gasteiger partial charge in [-0.1, -0.05) is 18.2 Å². The summed E-state index contributed by atoms with van der Waals surface area (Å²) >= 11 is 0. The van der Waals surface area contributed by atoms with Gasteiger partial charge in [0, 0.05) is 23.4 Å². The van der Waals surface area contributed by atoms with Crippen LogP contribution in [0.4, 0.5) is 18.9 Å². The Balaban J connectivity index is 2.21. The summed E-state index contributed by atoms with van der Waals surface area (Å²) in [6.07, 6.45) is -3.42. The van der Waals surface area contributed by atoms with Gasteiger partial charge in [0.15, 0.2) is 0 Å². The Morgan fingerprint density at radius 2 is 1.86 bits per heavy atom. The molecule has 7 heteroatoms. The number of rotatable bonds is 2. The van der Waals surface area contributed by atoms with Crippen molar-refractivity contribution in [3.63, 3.8) is 0 Å². The molecule has 5 N–H and O–H groups in total. The molecule has 1 amide bonds. The SMILES string of the molecule is NC1=CC(N)(C(F)(F)F)CC(C(=O)Nc2ccccc2)=C1. The van der Waals surface area contributed by atoms with E-state index in [9.17, 15) is 18.0 Å². The zero-order valence-corrected chi connectivity index (χ0v) is 10.9. The number of allylic oxidation sites excluding steroid dienone is 1. The second-order valence-corrected chi connectivity index (χ2v) is 4.85. The normalized spacial score (nSPS) is 22.3. The first-order valence-electron chi connectivity index (χ1n) is 6.12. The minimum absolute atomic E-state index is 0.112. The fraction of sp³-hybridized carbons (Fsp3) is 0.214. The van der Waals surface area contributed by atoms with Gasteiger partial charge in [-0.05, 0) is 24.3 Å². The first-order valence-corrected chi connectivity index (χ1v) is 6.12. The standard InChI is InChI=1S/C14H14F3N3O/c15-14(16,17)13(19)7-9(6-10(18)8-13)12(21)20-11-4-2-1-3-5-11/h1-6,8H,7,18-19H2,(H,20,21). The van der Waals surface area contributed by atoms with Crippen LogP contribution in [0, 0.1) is 0 Å². The molecule has 0 spiro atoms. The van der Waals surface area contributed by atoms with Crippen molar-refractivity contribution in [1.29, 1.82) is 0 Å². The van der Waals surface area contributed by atoms with Crippen LogP contribution in [0.5, 0.6) is 0 Å². The Labute approximate surface area is 119 Å². The number of benzene rings is 1. The van der Waals surface area contributed by atoms with Gasteiger partial charge in [0.05, 0.1) is 0 Å². The van der Waals surface area contributed by atoms with Gasteiger partial charge in [0.1, 0.15) is 5.54 Å². The molecular weight excluding hydrogens is 283 g/mol. The zero-order valence-electron chi connectivity index (χ0n) is 10.9. The summed E-state index contributed by atoms with van der Waals surface area (Å²) in [6.45, 7) is 0. The Bertz CT molecular complexity index is 608. The molecule has 0 heterocycles. The van der Waals surface area contributed by atoms with Gasteiger partial charge >= 0.3 is 6.18 Å². The van der Waals surface area contributed by atoms with Crippen LogP contribution in [-0.2, 0) is 4.79 Å². The summed E-state index contributed by atoms with van der Waals surface area (Å²) in [5, 5.41) is 2.51. The van der Waals surface area contributed by atoms with Gasteiger partial charge in [0.25, 0.3) is 5.91 Å². The predicted octanol–water partition coefficient (Wildman–Crippen LogP) is 2.06.